The number of piperidine rings is 1. The van der Waals surface area contributed by atoms with Crippen molar-refractivity contribution in [3.05, 3.63) is 28.2 Å². The van der Waals surface area contributed by atoms with Gasteiger partial charge in [0.15, 0.2) is 0 Å². The van der Waals surface area contributed by atoms with Crippen molar-refractivity contribution in [2.75, 3.05) is 13.1 Å². The predicted molar refractivity (Wildman–Crippen MR) is 98.8 cm³/mol. The number of benzene rings is 1. The molecule has 0 aromatic heterocycles. The topological polar surface area (TPSA) is 53.4 Å². The quantitative estimate of drug-likeness (QED) is 0.557. The summed E-state index contributed by atoms with van der Waals surface area (Å²) in [5, 5.41) is 8.47. The number of hydrogen-bond acceptors (Lipinski definition) is 4. The van der Waals surface area contributed by atoms with Gasteiger partial charge in [0.05, 0.1) is 0 Å². The highest BCUT2D eigenvalue weighted by molar-refractivity contribution is 9.10. The lowest BCUT2D eigenvalue weighted by atomic mass is 9.88. The molecule has 0 aliphatic carbocycles. The normalized spacial score (nSPS) is 16.3. The van der Waals surface area contributed by atoms with Gasteiger partial charge in [0.1, 0.15) is 5.60 Å². The Balaban J connectivity index is 1.97. The second kappa shape index (κ2) is 7.26. The van der Waals surface area contributed by atoms with Crippen molar-refractivity contribution in [3.63, 3.8) is 0 Å². The van der Waals surface area contributed by atoms with Gasteiger partial charge in [-0.2, -0.15) is 0 Å². The minimum atomic E-state index is -0.474. The van der Waals surface area contributed by atoms with Crippen LogP contribution in [-0.2, 0) is 4.74 Å². The minimum Gasteiger partial charge on any atom is -0.444 e. The van der Waals surface area contributed by atoms with Crippen LogP contribution >= 0.6 is 28.6 Å². The molecule has 6 heteroatoms. The van der Waals surface area contributed by atoms with Crippen molar-refractivity contribution in [1.29, 1.82) is 5.41 Å². The third kappa shape index (κ3) is 4.98. The van der Waals surface area contributed by atoms with E-state index >= 15 is 0 Å². The molecule has 0 unspecified atom stereocenters. The molecule has 1 aliphatic rings. The van der Waals surface area contributed by atoms with Gasteiger partial charge in [0, 0.05) is 39.7 Å². The molecule has 0 atom stereocenters. The zero-order valence-corrected chi connectivity index (χ0v) is 16.2. The molecule has 23 heavy (non-hydrogen) atoms. The molecule has 0 spiro atoms. The van der Waals surface area contributed by atoms with E-state index < -0.39 is 5.60 Å². The smallest absolute Gasteiger partial charge is 0.410 e. The molecule has 1 saturated heterocycles. The maximum atomic E-state index is 12.1. The number of halogens is 1. The maximum Gasteiger partial charge on any atom is 0.410 e. The van der Waals surface area contributed by atoms with Gasteiger partial charge in [0.25, 0.3) is 0 Å². The van der Waals surface area contributed by atoms with E-state index in [1.54, 1.807) is 4.90 Å². The fourth-order valence-electron chi connectivity index (χ4n) is 2.62. The van der Waals surface area contributed by atoms with Crippen molar-refractivity contribution in [1.82, 2.24) is 4.90 Å². The molecule has 0 bridgehead atoms. The van der Waals surface area contributed by atoms with E-state index in [-0.39, 0.29) is 12.0 Å². The van der Waals surface area contributed by atoms with E-state index in [0.717, 1.165) is 27.8 Å². The summed E-state index contributed by atoms with van der Waals surface area (Å²) < 4.78 is 6.35. The average Bonchev–Trinajstić information content (AvgIpc) is 2.47. The zero-order chi connectivity index (χ0) is 17.2. The van der Waals surface area contributed by atoms with Crippen LogP contribution in [0.2, 0.25) is 0 Å². The third-order valence-corrected chi connectivity index (χ3v) is 4.69. The van der Waals surface area contributed by atoms with Crippen LogP contribution in [0, 0.1) is 11.3 Å². The summed E-state index contributed by atoms with van der Waals surface area (Å²) >= 11 is 7.90. The summed E-state index contributed by atoms with van der Waals surface area (Å²) in [6.45, 7) is 6.86. The van der Waals surface area contributed by atoms with E-state index in [1.807, 2.05) is 39.0 Å². The zero-order valence-electron chi connectivity index (χ0n) is 13.7. The summed E-state index contributed by atoms with van der Waals surface area (Å²) in [5.41, 5.74) is 0.983. The lowest BCUT2D eigenvalue weighted by Crippen LogP contribution is -2.43. The van der Waals surface area contributed by atoms with E-state index in [9.17, 15) is 4.79 Å². The van der Waals surface area contributed by atoms with Crippen molar-refractivity contribution in [3.8, 4) is 0 Å². The van der Waals surface area contributed by atoms with Crippen molar-refractivity contribution < 1.29 is 9.53 Å². The fourth-order valence-corrected chi connectivity index (χ4v) is 3.24. The summed E-state index contributed by atoms with van der Waals surface area (Å²) in [5.74, 6) is 0.147. The van der Waals surface area contributed by atoms with Crippen LogP contribution in [0.5, 0.6) is 0 Å². The van der Waals surface area contributed by atoms with Crippen molar-refractivity contribution in [2.45, 2.75) is 44.1 Å². The molecule has 1 aromatic carbocycles. The van der Waals surface area contributed by atoms with Crippen LogP contribution in [0.1, 0.15) is 39.2 Å². The number of nitrogens with one attached hydrogen (secondary N) is 1. The number of amides is 1. The van der Waals surface area contributed by atoms with Crippen molar-refractivity contribution in [2.24, 2.45) is 5.92 Å². The van der Waals surface area contributed by atoms with Crippen LogP contribution in [0.25, 0.3) is 0 Å². The first-order valence-corrected chi connectivity index (χ1v) is 8.96. The average molecular weight is 399 g/mol. The Labute approximate surface area is 151 Å². The molecule has 1 aromatic rings. The van der Waals surface area contributed by atoms with E-state index in [2.05, 4.69) is 28.6 Å². The molecular formula is C17H23BrN2O2S. The molecule has 1 heterocycles. The SMILES string of the molecule is CC(C)(C)OC(=O)N1CCC(C(=N)c2cc(Br)ccc2S)CC1. The molecule has 1 amide bonds. The first-order chi connectivity index (χ1) is 10.7. The van der Waals surface area contributed by atoms with Crippen LogP contribution < -0.4 is 0 Å². The molecule has 0 radical (unpaired) electrons. The largest absolute Gasteiger partial charge is 0.444 e. The Hall–Kier alpha value is -1.01. The number of hydrogen-bond donors (Lipinski definition) is 2. The second-order valence-electron chi connectivity index (χ2n) is 6.82. The third-order valence-electron chi connectivity index (χ3n) is 3.80. The molecule has 1 aliphatic heterocycles. The van der Waals surface area contributed by atoms with Gasteiger partial charge in [-0.3, -0.25) is 0 Å². The summed E-state index contributed by atoms with van der Waals surface area (Å²) in [7, 11) is 0. The van der Waals surface area contributed by atoms with Gasteiger partial charge in [-0.1, -0.05) is 15.9 Å². The minimum absolute atomic E-state index is 0.147. The number of likely N-dealkylation sites (tertiary alicyclic amines) is 1. The summed E-state index contributed by atoms with van der Waals surface area (Å²) in [6, 6.07) is 5.75. The fraction of sp³-hybridized carbons (Fsp3) is 0.529. The Morgan fingerprint density at radius 3 is 2.52 bits per heavy atom. The molecule has 2 rings (SSSR count). The van der Waals surface area contributed by atoms with Gasteiger partial charge in [-0.05, 0) is 51.8 Å². The monoisotopic (exact) mass is 398 g/mol. The molecule has 126 valence electrons. The second-order valence-corrected chi connectivity index (χ2v) is 8.21. The Morgan fingerprint density at radius 1 is 1.35 bits per heavy atom. The highest BCUT2D eigenvalue weighted by Crippen LogP contribution is 2.27. The highest BCUT2D eigenvalue weighted by Gasteiger charge is 2.29. The molecular weight excluding hydrogens is 376 g/mol. The lowest BCUT2D eigenvalue weighted by molar-refractivity contribution is 0.0201. The van der Waals surface area contributed by atoms with Crippen LogP contribution in [0.3, 0.4) is 0 Å². The first-order valence-electron chi connectivity index (χ1n) is 7.72. The number of carbonyl (C=O) groups excluding carboxylic acids is 1. The van der Waals surface area contributed by atoms with Gasteiger partial charge >= 0.3 is 6.09 Å². The molecule has 1 fully saturated rings. The number of ether oxygens (including phenoxy) is 1. The number of thiol groups is 1. The molecule has 4 nitrogen and oxygen atoms in total. The van der Waals surface area contributed by atoms with E-state index in [0.29, 0.717) is 18.8 Å². The van der Waals surface area contributed by atoms with E-state index in [4.69, 9.17) is 10.1 Å². The maximum absolute atomic E-state index is 12.1. The van der Waals surface area contributed by atoms with Gasteiger partial charge in [-0.25, -0.2) is 4.79 Å². The van der Waals surface area contributed by atoms with Gasteiger partial charge < -0.3 is 15.0 Å². The predicted octanol–water partition coefficient (Wildman–Crippen LogP) is 4.75. The summed E-state index contributed by atoms with van der Waals surface area (Å²) in [6.07, 6.45) is 1.29. The number of carbonyl (C=O) groups is 1. The number of rotatable bonds is 2. The Morgan fingerprint density at radius 2 is 1.96 bits per heavy atom. The van der Waals surface area contributed by atoms with Crippen LogP contribution in [0.15, 0.2) is 27.6 Å². The van der Waals surface area contributed by atoms with Gasteiger partial charge in [0.2, 0.25) is 0 Å². The van der Waals surface area contributed by atoms with Crippen LogP contribution in [0.4, 0.5) is 4.79 Å². The number of nitrogens with zero attached hydrogens (tertiary/aromatic N) is 1. The van der Waals surface area contributed by atoms with Gasteiger partial charge in [-0.15, -0.1) is 12.6 Å². The first kappa shape index (κ1) is 18.3. The Kier molecular flexibility index (Phi) is 5.79. The molecule has 1 N–H and O–H groups in total. The van der Waals surface area contributed by atoms with E-state index in [1.165, 1.54) is 0 Å². The van der Waals surface area contributed by atoms with Crippen molar-refractivity contribution >= 4 is 40.4 Å². The Bertz CT molecular complexity index is 605. The summed E-state index contributed by atoms with van der Waals surface area (Å²) in [4.78, 5) is 14.6. The lowest BCUT2D eigenvalue weighted by Gasteiger charge is -2.33. The molecule has 0 saturated carbocycles. The van der Waals surface area contributed by atoms with Crippen LogP contribution in [-0.4, -0.2) is 35.4 Å². The highest BCUT2D eigenvalue weighted by atomic mass is 79.9. The standard InChI is InChI=1S/C17H23BrN2O2S/c1-17(2,3)22-16(21)20-8-6-11(7-9-20)15(19)13-10-12(18)4-5-14(13)23/h4-5,10-11,19,23H,6-9H2,1-3H3.